The topological polar surface area (TPSA) is 80.1 Å². The number of benzene rings is 1. The van der Waals surface area contributed by atoms with Crippen LogP contribution in [0.15, 0.2) is 67.1 Å². The monoisotopic (exact) mass is 429 g/mol. The van der Waals surface area contributed by atoms with Crippen LogP contribution in [-0.4, -0.2) is 43.6 Å². The molecule has 7 heteroatoms. The summed E-state index contributed by atoms with van der Waals surface area (Å²) in [6.07, 6.45) is 10.4. The first kappa shape index (κ1) is 20.4. The van der Waals surface area contributed by atoms with Gasteiger partial charge in [0, 0.05) is 36.7 Å². The highest BCUT2D eigenvalue weighted by atomic mass is 16.2. The Morgan fingerprint density at radius 1 is 1.03 bits per heavy atom. The predicted octanol–water partition coefficient (Wildman–Crippen LogP) is 3.36. The number of rotatable bonds is 5. The number of hydrogen-bond donors (Lipinski definition) is 1. The molecule has 2 amide bonds. The van der Waals surface area contributed by atoms with Gasteiger partial charge in [0.05, 0.1) is 0 Å². The van der Waals surface area contributed by atoms with Gasteiger partial charge in [-0.2, -0.15) is 5.10 Å². The van der Waals surface area contributed by atoms with Crippen LogP contribution >= 0.6 is 0 Å². The van der Waals surface area contributed by atoms with Gasteiger partial charge in [-0.25, -0.2) is 9.67 Å². The third kappa shape index (κ3) is 4.02. The lowest BCUT2D eigenvalue weighted by molar-refractivity contribution is -0.125. The minimum Gasteiger partial charge on any atom is -0.350 e. The number of likely N-dealkylation sites (tertiary alicyclic amines) is 1. The van der Waals surface area contributed by atoms with E-state index in [9.17, 15) is 9.59 Å². The maximum atomic E-state index is 13.4. The average molecular weight is 430 g/mol. The molecule has 0 bridgehead atoms. The highest BCUT2D eigenvalue weighted by Gasteiger charge is 2.47. The Hall–Kier alpha value is -3.48. The SMILES string of the molecule is O=C(NCc1ccc(-n2cccn2)nc1)C1CC2CCCCC2N1C(=O)c1ccccc1. The van der Waals surface area contributed by atoms with Crippen LogP contribution in [-0.2, 0) is 11.3 Å². The summed E-state index contributed by atoms with van der Waals surface area (Å²) in [5, 5.41) is 7.22. The van der Waals surface area contributed by atoms with E-state index in [-0.39, 0.29) is 17.9 Å². The Balaban J connectivity index is 1.29. The molecule has 1 N–H and O–H groups in total. The van der Waals surface area contributed by atoms with Crippen molar-refractivity contribution < 1.29 is 9.59 Å². The number of amides is 2. The van der Waals surface area contributed by atoms with Crippen LogP contribution in [0.2, 0.25) is 0 Å². The zero-order valence-electron chi connectivity index (χ0n) is 17.9. The van der Waals surface area contributed by atoms with E-state index in [2.05, 4.69) is 15.4 Å². The summed E-state index contributed by atoms with van der Waals surface area (Å²) < 4.78 is 1.69. The van der Waals surface area contributed by atoms with E-state index in [0.29, 0.717) is 18.0 Å². The van der Waals surface area contributed by atoms with Crippen molar-refractivity contribution in [1.29, 1.82) is 0 Å². The van der Waals surface area contributed by atoms with E-state index < -0.39 is 6.04 Å². The Morgan fingerprint density at radius 2 is 1.88 bits per heavy atom. The van der Waals surface area contributed by atoms with Crippen LogP contribution < -0.4 is 5.32 Å². The van der Waals surface area contributed by atoms with Crippen molar-refractivity contribution in [3.8, 4) is 5.82 Å². The lowest BCUT2D eigenvalue weighted by Crippen LogP contribution is -2.49. The van der Waals surface area contributed by atoms with Gasteiger partial charge in [0.15, 0.2) is 5.82 Å². The molecule has 1 aliphatic carbocycles. The molecule has 2 aliphatic rings. The third-order valence-corrected chi connectivity index (χ3v) is 6.66. The molecule has 3 heterocycles. The molecule has 1 saturated heterocycles. The van der Waals surface area contributed by atoms with E-state index in [0.717, 1.165) is 37.1 Å². The van der Waals surface area contributed by atoms with E-state index in [1.165, 1.54) is 6.42 Å². The minimum atomic E-state index is -0.424. The number of fused-ring (bicyclic) bond motifs is 1. The average Bonchev–Trinajstić information content (AvgIpc) is 3.51. The molecular formula is C25H27N5O2. The highest BCUT2D eigenvalue weighted by Crippen LogP contribution is 2.40. The zero-order valence-corrected chi connectivity index (χ0v) is 17.9. The van der Waals surface area contributed by atoms with Crippen LogP contribution in [0.25, 0.3) is 5.82 Å². The number of nitrogens with zero attached hydrogens (tertiary/aromatic N) is 4. The van der Waals surface area contributed by atoms with Gasteiger partial charge in [0.1, 0.15) is 6.04 Å². The molecule has 2 aromatic heterocycles. The Kier molecular flexibility index (Phi) is 5.71. The largest absolute Gasteiger partial charge is 0.350 e. The maximum absolute atomic E-state index is 13.4. The molecule has 32 heavy (non-hydrogen) atoms. The van der Waals surface area contributed by atoms with Crippen molar-refractivity contribution >= 4 is 11.8 Å². The first-order valence-electron chi connectivity index (χ1n) is 11.3. The molecular weight excluding hydrogens is 402 g/mol. The summed E-state index contributed by atoms with van der Waals surface area (Å²) in [5.74, 6) is 1.01. The summed E-state index contributed by atoms with van der Waals surface area (Å²) >= 11 is 0. The predicted molar refractivity (Wildman–Crippen MR) is 120 cm³/mol. The molecule has 5 rings (SSSR count). The molecule has 1 saturated carbocycles. The smallest absolute Gasteiger partial charge is 0.254 e. The van der Waals surface area contributed by atoms with Crippen LogP contribution in [0.1, 0.15) is 48.0 Å². The van der Waals surface area contributed by atoms with Crippen LogP contribution in [0.4, 0.5) is 0 Å². The van der Waals surface area contributed by atoms with Crippen LogP contribution in [0.5, 0.6) is 0 Å². The van der Waals surface area contributed by atoms with Gasteiger partial charge in [-0.3, -0.25) is 9.59 Å². The molecule has 0 radical (unpaired) electrons. The fourth-order valence-electron chi connectivity index (χ4n) is 5.08. The summed E-state index contributed by atoms with van der Waals surface area (Å²) in [6.45, 7) is 0.379. The number of carbonyl (C=O) groups excluding carboxylic acids is 2. The molecule has 3 atom stereocenters. The lowest BCUT2D eigenvalue weighted by Gasteiger charge is -2.33. The summed E-state index contributed by atoms with van der Waals surface area (Å²) in [5.41, 5.74) is 1.56. The Labute approximate surface area is 187 Å². The van der Waals surface area contributed by atoms with Gasteiger partial charge in [-0.15, -0.1) is 0 Å². The number of hydrogen-bond acceptors (Lipinski definition) is 4. The van der Waals surface area contributed by atoms with Gasteiger partial charge < -0.3 is 10.2 Å². The van der Waals surface area contributed by atoms with Crippen molar-refractivity contribution in [3.63, 3.8) is 0 Å². The van der Waals surface area contributed by atoms with Gasteiger partial charge in [0.25, 0.3) is 5.91 Å². The van der Waals surface area contributed by atoms with Crippen LogP contribution in [0, 0.1) is 5.92 Å². The molecule has 3 aromatic rings. The summed E-state index contributed by atoms with van der Waals surface area (Å²) in [7, 11) is 0. The zero-order chi connectivity index (χ0) is 21.9. The van der Waals surface area contributed by atoms with Gasteiger partial charge in [-0.1, -0.05) is 37.1 Å². The normalized spacial score (nSPS) is 22.4. The van der Waals surface area contributed by atoms with Gasteiger partial charge >= 0.3 is 0 Å². The van der Waals surface area contributed by atoms with Gasteiger partial charge in [0.2, 0.25) is 5.91 Å². The summed E-state index contributed by atoms with van der Waals surface area (Å²) in [6, 6.07) is 14.7. The summed E-state index contributed by atoms with van der Waals surface area (Å²) in [4.78, 5) is 32.9. The first-order chi connectivity index (χ1) is 15.7. The Bertz CT molecular complexity index is 1070. The quantitative estimate of drug-likeness (QED) is 0.675. The Morgan fingerprint density at radius 3 is 2.62 bits per heavy atom. The number of aromatic nitrogens is 3. The van der Waals surface area contributed by atoms with E-state index >= 15 is 0 Å². The number of pyridine rings is 1. The fourth-order valence-corrected chi connectivity index (χ4v) is 5.08. The third-order valence-electron chi connectivity index (χ3n) is 6.66. The maximum Gasteiger partial charge on any atom is 0.254 e. The molecule has 1 aromatic carbocycles. The van der Waals surface area contributed by atoms with Crippen LogP contribution in [0.3, 0.4) is 0 Å². The molecule has 0 spiro atoms. The second-order valence-corrected chi connectivity index (χ2v) is 8.63. The molecule has 2 fully saturated rings. The lowest BCUT2D eigenvalue weighted by atomic mass is 9.84. The van der Waals surface area contributed by atoms with E-state index in [4.69, 9.17) is 0 Å². The standard InChI is InChI=1S/C25H27N5O2/c31-24(27-17-18-11-12-23(26-16-18)29-14-6-13-28-29)22-15-20-9-4-5-10-21(20)30(22)25(32)19-7-2-1-3-8-19/h1-3,6-8,11-14,16,20-22H,4-5,9-10,15,17H2,(H,27,31). The van der Waals surface area contributed by atoms with E-state index in [1.807, 2.05) is 59.6 Å². The molecule has 164 valence electrons. The second-order valence-electron chi connectivity index (χ2n) is 8.63. The first-order valence-corrected chi connectivity index (χ1v) is 11.3. The van der Waals surface area contributed by atoms with Crippen molar-refractivity contribution in [2.75, 3.05) is 0 Å². The second kappa shape index (κ2) is 8.94. The highest BCUT2D eigenvalue weighted by molar-refractivity contribution is 5.98. The number of nitrogens with one attached hydrogen (secondary N) is 1. The molecule has 1 aliphatic heterocycles. The molecule has 3 unspecified atom stereocenters. The van der Waals surface area contributed by atoms with Crippen molar-refractivity contribution in [3.05, 3.63) is 78.2 Å². The van der Waals surface area contributed by atoms with Crippen molar-refractivity contribution in [2.24, 2.45) is 5.92 Å². The van der Waals surface area contributed by atoms with Crippen molar-refractivity contribution in [2.45, 2.75) is 50.7 Å². The van der Waals surface area contributed by atoms with Crippen molar-refractivity contribution in [1.82, 2.24) is 25.0 Å². The van der Waals surface area contributed by atoms with E-state index in [1.54, 1.807) is 17.1 Å². The number of carbonyl (C=O) groups is 2. The minimum absolute atomic E-state index is 0.0367. The fraction of sp³-hybridized carbons (Fsp3) is 0.360. The van der Waals surface area contributed by atoms with Gasteiger partial charge in [-0.05, 0) is 55.0 Å². The molecule has 7 nitrogen and oxygen atoms in total.